The molecule has 390 valence electrons. The number of carbonyl (C=O) groups excluding carboxylic acids is 4. The van der Waals surface area contributed by atoms with E-state index in [1.54, 1.807) is 43.1 Å². The van der Waals surface area contributed by atoms with Gasteiger partial charge in [0.15, 0.2) is 0 Å². The van der Waals surface area contributed by atoms with E-state index in [4.69, 9.17) is 33.2 Å². The van der Waals surface area contributed by atoms with Gasteiger partial charge in [0.2, 0.25) is 11.8 Å². The molecule has 2 aromatic rings. The van der Waals surface area contributed by atoms with Gasteiger partial charge in [-0.2, -0.15) is 5.53 Å². The van der Waals surface area contributed by atoms with Crippen molar-refractivity contribution in [1.82, 2.24) is 52.4 Å². The Morgan fingerprint density at radius 1 is 0.843 bits per heavy atom. The van der Waals surface area contributed by atoms with E-state index in [9.17, 15) is 19.2 Å². The number of methoxy groups -OCH3 is 1. The first-order valence-corrected chi connectivity index (χ1v) is 26.0. The highest BCUT2D eigenvalue weighted by atomic mass is 32.2. The van der Waals surface area contributed by atoms with Gasteiger partial charge >= 0.3 is 12.1 Å². The van der Waals surface area contributed by atoms with Crippen LogP contribution in [0.5, 0.6) is 11.5 Å². The number of likely N-dealkylation sites (N-methyl/N-ethyl adjacent to an activating group) is 1. The van der Waals surface area contributed by atoms with Crippen molar-refractivity contribution in [2.75, 3.05) is 144 Å². The molecule has 0 spiro atoms. The molecule has 4 fully saturated rings. The summed E-state index contributed by atoms with van der Waals surface area (Å²) in [5, 5.41) is 19.1. The van der Waals surface area contributed by atoms with Crippen molar-refractivity contribution < 1.29 is 52.3 Å². The summed E-state index contributed by atoms with van der Waals surface area (Å²) in [6.45, 7) is 12.1. The minimum absolute atomic E-state index is 0.0231. The van der Waals surface area contributed by atoms with Crippen LogP contribution in [0.15, 0.2) is 48.5 Å². The summed E-state index contributed by atoms with van der Waals surface area (Å²) in [5.41, 5.74) is 7.70. The zero-order chi connectivity index (χ0) is 49.3. The molecule has 6 amide bonds. The van der Waals surface area contributed by atoms with E-state index in [0.717, 1.165) is 49.8 Å². The fraction of sp³-hybridized carbons (Fsp3) is 0.652. The molecular formula is C46H73N11O11S2. The highest BCUT2D eigenvalue weighted by Gasteiger charge is 2.32. The number of urea groups is 2. The van der Waals surface area contributed by atoms with Crippen molar-refractivity contribution in [3.63, 3.8) is 0 Å². The lowest BCUT2D eigenvalue weighted by Gasteiger charge is -2.33. The van der Waals surface area contributed by atoms with Crippen LogP contribution in [0.25, 0.3) is 0 Å². The highest BCUT2D eigenvalue weighted by molar-refractivity contribution is 8.01. The summed E-state index contributed by atoms with van der Waals surface area (Å²) in [6, 6.07) is 14.2. The second-order valence-electron chi connectivity index (χ2n) is 17.3. The number of amides is 6. The van der Waals surface area contributed by atoms with Gasteiger partial charge < -0.3 is 69.5 Å². The van der Waals surface area contributed by atoms with Crippen LogP contribution < -0.4 is 52.3 Å². The summed E-state index contributed by atoms with van der Waals surface area (Å²) in [7, 11) is 3.68. The predicted molar refractivity (Wildman–Crippen MR) is 267 cm³/mol. The number of ether oxygens (including phenoxy) is 7. The third-order valence-corrected chi connectivity index (χ3v) is 14.4. The van der Waals surface area contributed by atoms with Crippen LogP contribution in [0.4, 0.5) is 15.3 Å². The van der Waals surface area contributed by atoms with Gasteiger partial charge in [-0.25, -0.2) is 20.0 Å². The quantitative estimate of drug-likeness (QED) is 0.0506. The average Bonchev–Trinajstić information content (AvgIpc) is 4.02. The minimum atomic E-state index is -0.530. The maximum atomic E-state index is 13.3. The van der Waals surface area contributed by atoms with Gasteiger partial charge in [0.25, 0.3) is 0 Å². The first-order valence-electron chi connectivity index (χ1n) is 24.0. The Bertz CT molecular complexity index is 1870. The molecule has 24 heteroatoms. The number of hydrogen-bond donors (Lipinski definition) is 8. The van der Waals surface area contributed by atoms with E-state index >= 15 is 0 Å². The van der Waals surface area contributed by atoms with Crippen LogP contribution in [-0.4, -0.2) is 205 Å². The molecule has 2 aromatic carbocycles. The topological polar surface area (TPSA) is 239 Å². The van der Waals surface area contributed by atoms with E-state index in [1.165, 1.54) is 11.8 Å². The molecule has 0 radical (unpaired) electrons. The number of hydrogen-bond acceptors (Lipinski definition) is 18. The summed E-state index contributed by atoms with van der Waals surface area (Å²) in [5.74, 6) is 2.29. The summed E-state index contributed by atoms with van der Waals surface area (Å²) >= 11 is 2.98. The summed E-state index contributed by atoms with van der Waals surface area (Å²) in [4.78, 5) is 54.7. The fourth-order valence-corrected chi connectivity index (χ4v) is 9.94. The van der Waals surface area contributed by atoms with Crippen LogP contribution in [-0.2, 0) is 39.8 Å². The van der Waals surface area contributed by atoms with Gasteiger partial charge in [-0.3, -0.25) is 14.9 Å². The van der Waals surface area contributed by atoms with E-state index in [2.05, 4.69) is 54.8 Å². The Kier molecular flexibility index (Phi) is 24.1. The van der Waals surface area contributed by atoms with Crippen LogP contribution in [0.1, 0.15) is 18.9 Å². The van der Waals surface area contributed by atoms with Crippen molar-refractivity contribution in [1.29, 1.82) is 0 Å². The van der Waals surface area contributed by atoms with Gasteiger partial charge in [-0.1, -0.05) is 19.1 Å². The lowest BCUT2D eigenvalue weighted by molar-refractivity contribution is -0.133. The Hall–Kier alpha value is -4.18. The summed E-state index contributed by atoms with van der Waals surface area (Å²) in [6.07, 6.45) is 0.428. The standard InChI is InChI=1S/C46H73N11O11S2/c1-33-27-48-44(60)51-43(33)70-40(42(59)47-28-34-4-8-38(62-3)9-5-34)31-67-23-21-64-19-18-63-17-16-57-29-37(53-54-57)30-66-22-20-65-24-25-68-39-10-6-35(7-11-39)49-45(61)52-46-50-36(32-69-46)26-41(58)56-14-12-55(2)13-15-56/h4-11,33,36-37,40,43,46,50,53-54H,12-32H2,1-3H3,(H,47,59)(H2,48,51,60)(H2,49,52,61)/t33?,36?,37?,40-,43?,46?/m1/s1. The lowest BCUT2D eigenvalue weighted by Crippen LogP contribution is -2.54. The number of nitrogens with zero attached hydrogens (tertiary/aromatic N) is 3. The third kappa shape index (κ3) is 20.1. The molecule has 0 saturated carbocycles. The number of carbonyl (C=O) groups is 4. The molecule has 4 heterocycles. The molecule has 5 unspecified atom stereocenters. The lowest BCUT2D eigenvalue weighted by atomic mass is 10.1. The van der Waals surface area contributed by atoms with E-state index < -0.39 is 5.25 Å². The second-order valence-corrected chi connectivity index (χ2v) is 19.8. The minimum Gasteiger partial charge on any atom is -0.497 e. The molecule has 6 rings (SSSR count). The van der Waals surface area contributed by atoms with Crippen LogP contribution >= 0.6 is 23.5 Å². The van der Waals surface area contributed by atoms with Crippen molar-refractivity contribution in [3.05, 3.63) is 54.1 Å². The molecule has 4 saturated heterocycles. The number of piperazine rings is 1. The molecule has 22 nitrogen and oxygen atoms in total. The van der Waals surface area contributed by atoms with Gasteiger partial charge in [0, 0.05) is 82.2 Å². The molecule has 4 aliphatic rings. The Morgan fingerprint density at radius 2 is 1.53 bits per heavy atom. The van der Waals surface area contributed by atoms with E-state index in [1.807, 2.05) is 41.1 Å². The van der Waals surface area contributed by atoms with Crippen molar-refractivity contribution in [2.24, 2.45) is 5.92 Å². The highest BCUT2D eigenvalue weighted by Crippen LogP contribution is 2.25. The van der Waals surface area contributed by atoms with Crippen LogP contribution in [0.3, 0.4) is 0 Å². The monoisotopic (exact) mass is 1020 g/mol. The Labute approximate surface area is 419 Å². The van der Waals surface area contributed by atoms with Crippen molar-refractivity contribution >= 4 is 53.1 Å². The third-order valence-electron chi connectivity index (χ3n) is 11.7. The molecule has 4 aliphatic heterocycles. The molecule has 0 bridgehead atoms. The Balaban J connectivity index is 0.716. The van der Waals surface area contributed by atoms with Crippen LogP contribution in [0, 0.1) is 5.92 Å². The van der Waals surface area contributed by atoms with Gasteiger partial charge in [0.05, 0.1) is 84.6 Å². The van der Waals surface area contributed by atoms with Crippen LogP contribution in [0.2, 0.25) is 0 Å². The van der Waals surface area contributed by atoms with E-state index in [-0.39, 0.29) is 59.4 Å². The number of benzene rings is 2. The van der Waals surface area contributed by atoms with Gasteiger partial charge in [-0.05, 0) is 49.0 Å². The largest absolute Gasteiger partial charge is 0.497 e. The normalized spacial score (nSPS) is 22.2. The number of hydrazine groups is 2. The maximum absolute atomic E-state index is 13.3. The molecule has 8 N–H and O–H groups in total. The first-order chi connectivity index (χ1) is 34.1. The molecule has 70 heavy (non-hydrogen) atoms. The average molecular weight is 1020 g/mol. The fourth-order valence-electron chi connectivity index (χ4n) is 7.54. The first kappa shape index (κ1) is 55.1. The molecule has 0 aromatic heterocycles. The predicted octanol–water partition coefficient (Wildman–Crippen LogP) is 0.818. The maximum Gasteiger partial charge on any atom is 0.321 e. The number of nitrogens with one attached hydrogen (secondary N) is 8. The SMILES string of the molecule is COc1ccc(CNC(=O)[C@@H](COCCOCCOCCN2CC(COCCOCCOc3ccc(NC(=O)NC4NC(CC(=O)N5CCN(C)CC5)CS4)cc3)NN2)SC2NC(=O)NCC2C)cc1. The van der Waals surface area contributed by atoms with E-state index in [0.29, 0.717) is 104 Å². The molecule has 6 atom stereocenters. The number of rotatable bonds is 30. The molecule has 0 aliphatic carbocycles. The number of thioether (sulfide) groups is 2. The molecular weight excluding hydrogens is 947 g/mol. The zero-order valence-electron chi connectivity index (χ0n) is 40.6. The van der Waals surface area contributed by atoms with Gasteiger partial charge in [0.1, 0.15) is 28.9 Å². The van der Waals surface area contributed by atoms with Gasteiger partial charge in [-0.15, -0.1) is 23.5 Å². The second kappa shape index (κ2) is 30.6. The zero-order valence-corrected chi connectivity index (χ0v) is 42.2. The van der Waals surface area contributed by atoms with Crippen molar-refractivity contribution in [2.45, 2.75) is 48.1 Å². The summed E-state index contributed by atoms with van der Waals surface area (Å²) < 4.78 is 39.8. The number of anilines is 1. The Morgan fingerprint density at radius 3 is 2.27 bits per heavy atom. The smallest absolute Gasteiger partial charge is 0.321 e. The van der Waals surface area contributed by atoms with Crippen molar-refractivity contribution in [3.8, 4) is 11.5 Å².